The second-order valence-electron chi connectivity index (χ2n) is 5.42. The Kier molecular flexibility index (Phi) is 5.31. The van der Waals surface area contributed by atoms with Crippen molar-refractivity contribution in [3.63, 3.8) is 0 Å². The summed E-state index contributed by atoms with van der Waals surface area (Å²) in [7, 11) is 0. The molecule has 23 heavy (non-hydrogen) atoms. The van der Waals surface area contributed by atoms with Gasteiger partial charge in [0.2, 0.25) is 0 Å². The predicted octanol–water partition coefficient (Wildman–Crippen LogP) is 4.29. The summed E-state index contributed by atoms with van der Waals surface area (Å²) in [5, 5.41) is 15.8. The quantitative estimate of drug-likeness (QED) is 0.694. The van der Waals surface area contributed by atoms with Crippen LogP contribution in [0.3, 0.4) is 0 Å². The van der Waals surface area contributed by atoms with Crippen LogP contribution in [0.4, 0.5) is 0 Å². The Morgan fingerprint density at radius 1 is 0.957 bits per heavy atom. The number of rotatable bonds is 2. The fourth-order valence-electron chi connectivity index (χ4n) is 1.92. The minimum atomic E-state index is -0.0486. The minimum absolute atomic E-state index is 0.0486. The van der Waals surface area contributed by atoms with Crippen molar-refractivity contribution in [1.82, 2.24) is 10.2 Å². The zero-order chi connectivity index (χ0) is 16.8. The molecule has 0 radical (unpaired) electrons. The fourth-order valence-corrected chi connectivity index (χ4v) is 1.92. The summed E-state index contributed by atoms with van der Waals surface area (Å²) in [6.45, 7) is 5.67. The number of phenolic OH excluding ortho intramolecular Hbond substituents is 1. The molecule has 3 aromatic rings. The van der Waals surface area contributed by atoms with Gasteiger partial charge in [-0.1, -0.05) is 35.4 Å². The van der Waals surface area contributed by atoms with Gasteiger partial charge in [0.1, 0.15) is 11.4 Å². The Hall–Kier alpha value is -2.88. The number of hydrogen-bond donors (Lipinski definition) is 2. The average molecular weight is 308 g/mol. The van der Waals surface area contributed by atoms with E-state index in [4.69, 9.17) is 5.11 Å². The number of aromatic nitrogens is 2. The molecule has 0 bridgehead atoms. The van der Waals surface area contributed by atoms with Gasteiger partial charge in [-0.15, -0.1) is 0 Å². The van der Waals surface area contributed by atoms with Gasteiger partial charge in [-0.05, 0) is 44.2 Å². The lowest BCUT2D eigenvalue weighted by Gasteiger charge is -1.95. The van der Waals surface area contributed by atoms with Crippen molar-refractivity contribution in [2.24, 2.45) is 0 Å². The number of phenols is 1. The molecule has 4 nitrogen and oxygen atoms in total. The number of carbonyl (C=O) groups is 1. The number of aromatic amines is 1. The van der Waals surface area contributed by atoms with Crippen molar-refractivity contribution >= 4 is 5.78 Å². The van der Waals surface area contributed by atoms with Gasteiger partial charge in [-0.3, -0.25) is 9.89 Å². The van der Waals surface area contributed by atoms with Crippen molar-refractivity contribution in [2.75, 3.05) is 0 Å². The largest absolute Gasteiger partial charge is 0.508 e. The molecule has 0 saturated heterocycles. The van der Waals surface area contributed by atoms with Crippen LogP contribution in [0.25, 0.3) is 11.3 Å². The van der Waals surface area contributed by atoms with Crippen molar-refractivity contribution in [3.8, 4) is 17.0 Å². The van der Waals surface area contributed by atoms with Gasteiger partial charge in [0.05, 0.1) is 5.69 Å². The molecule has 0 spiro atoms. The van der Waals surface area contributed by atoms with E-state index in [1.807, 2.05) is 0 Å². The van der Waals surface area contributed by atoms with E-state index in [1.54, 1.807) is 30.3 Å². The molecule has 4 heteroatoms. The number of aryl methyl sites for hydroxylation is 2. The summed E-state index contributed by atoms with van der Waals surface area (Å²) in [4.78, 5) is 11.0. The van der Waals surface area contributed by atoms with E-state index in [-0.39, 0.29) is 11.5 Å². The van der Waals surface area contributed by atoms with Gasteiger partial charge in [0, 0.05) is 12.5 Å². The van der Waals surface area contributed by atoms with E-state index < -0.39 is 0 Å². The summed E-state index contributed by atoms with van der Waals surface area (Å²) in [6, 6.07) is 16.8. The average Bonchev–Trinajstić information content (AvgIpc) is 3.02. The van der Waals surface area contributed by atoms with E-state index in [0.29, 0.717) is 11.4 Å². The minimum Gasteiger partial charge on any atom is -0.508 e. The summed E-state index contributed by atoms with van der Waals surface area (Å²) in [6.07, 6.45) is 0. The summed E-state index contributed by atoms with van der Waals surface area (Å²) in [5.41, 5.74) is 4.70. The number of nitrogens with zero attached hydrogens (tertiary/aromatic N) is 1. The third-order valence-corrected chi connectivity index (χ3v) is 3.34. The highest BCUT2D eigenvalue weighted by atomic mass is 16.3. The summed E-state index contributed by atoms with van der Waals surface area (Å²) < 4.78 is 0. The normalized spacial score (nSPS) is 9.87. The monoisotopic (exact) mass is 308 g/mol. The summed E-state index contributed by atoms with van der Waals surface area (Å²) >= 11 is 0. The smallest absolute Gasteiger partial charge is 0.177 e. The predicted molar refractivity (Wildman–Crippen MR) is 91.6 cm³/mol. The van der Waals surface area contributed by atoms with Crippen LogP contribution in [0, 0.1) is 13.8 Å². The van der Waals surface area contributed by atoms with Crippen LogP contribution in [-0.4, -0.2) is 21.1 Å². The molecule has 0 amide bonds. The first-order valence-electron chi connectivity index (χ1n) is 7.35. The first-order chi connectivity index (χ1) is 11.0. The van der Waals surface area contributed by atoms with Gasteiger partial charge < -0.3 is 5.11 Å². The molecule has 3 rings (SSSR count). The Bertz CT molecular complexity index is 751. The molecule has 0 aliphatic rings. The van der Waals surface area contributed by atoms with Crippen molar-refractivity contribution in [3.05, 3.63) is 71.4 Å². The lowest BCUT2D eigenvalue weighted by molar-refractivity contribution is 0.101. The van der Waals surface area contributed by atoms with Gasteiger partial charge in [0.25, 0.3) is 0 Å². The van der Waals surface area contributed by atoms with Crippen molar-refractivity contribution < 1.29 is 9.90 Å². The highest BCUT2D eigenvalue weighted by Gasteiger charge is 2.06. The van der Waals surface area contributed by atoms with Gasteiger partial charge in [0.15, 0.2) is 5.78 Å². The second kappa shape index (κ2) is 7.40. The Morgan fingerprint density at radius 3 is 1.91 bits per heavy atom. The molecule has 0 aliphatic heterocycles. The molecule has 2 aromatic carbocycles. The number of Topliss-reactive ketones (excluding diaryl/α,β-unsaturated/α-hetero) is 1. The van der Waals surface area contributed by atoms with E-state index in [2.05, 4.69) is 48.3 Å². The number of H-pyrrole nitrogens is 1. The lowest BCUT2D eigenvalue weighted by atomic mass is 10.1. The Labute approximate surface area is 135 Å². The third kappa shape index (κ3) is 4.81. The van der Waals surface area contributed by atoms with Gasteiger partial charge in [-0.25, -0.2) is 0 Å². The Morgan fingerprint density at radius 2 is 1.48 bits per heavy atom. The second-order valence-corrected chi connectivity index (χ2v) is 5.42. The molecule has 118 valence electrons. The molecular formula is C19H20N2O2. The van der Waals surface area contributed by atoms with Crippen LogP contribution in [0.2, 0.25) is 0 Å². The van der Waals surface area contributed by atoms with Crippen LogP contribution in [0.15, 0.2) is 54.6 Å². The number of benzene rings is 2. The number of ketones is 1. The molecule has 0 saturated carbocycles. The fraction of sp³-hybridized carbons (Fsp3) is 0.158. The molecule has 0 unspecified atom stereocenters. The first kappa shape index (κ1) is 16.5. The highest BCUT2D eigenvalue weighted by molar-refractivity contribution is 5.93. The lowest BCUT2D eigenvalue weighted by Crippen LogP contribution is -1.90. The molecule has 2 N–H and O–H groups in total. The molecule has 0 aliphatic carbocycles. The van der Waals surface area contributed by atoms with Crippen LogP contribution >= 0.6 is 0 Å². The molecule has 0 fully saturated rings. The van der Waals surface area contributed by atoms with Crippen molar-refractivity contribution in [1.29, 1.82) is 0 Å². The van der Waals surface area contributed by atoms with Crippen LogP contribution in [0.1, 0.15) is 28.5 Å². The molecular weight excluding hydrogens is 288 g/mol. The maximum atomic E-state index is 11.0. The third-order valence-electron chi connectivity index (χ3n) is 3.34. The van der Waals surface area contributed by atoms with Crippen LogP contribution in [-0.2, 0) is 0 Å². The number of hydrogen-bond acceptors (Lipinski definition) is 3. The Balaban J connectivity index is 0.000000203. The van der Waals surface area contributed by atoms with Crippen molar-refractivity contribution in [2.45, 2.75) is 20.8 Å². The maximum absolute atomic E-state index is 11.0. The number of nitrogens with one attached hydrogen (secondary N) is 1. The zero-order valence-corrected chi connectivity index (χ0v) is 13.5. The van der Waals surface area contributed by atoms with E-state index in [1.165, 1.54) is 18.1 Å². The summed E-state index contributed by atoms with van der Waals surface area (Å²) in [5.74, 6) is 0.161. The molecule has 1 aromatic heterocycles. The van der Waals surface area contributed by atoms with E-state index in [9.17, 15) is 4.79 Å². The maximum Gasteiger partial charge on any atom is 0.177 e. The standard InChI is InChI=1S/C11H10N2O2.C8H10/c1-7(14)10-6-11(13-12-10)8-2-4-9(15)5-3-8;1-7-3-5-8(2)6-4-7/h2-6,15H,1H3,(H,12,13);3-6H,1-2H3. The van der Waals surface area contributed by atoms with Crippen LogP contribution in [0.5, 0.6) is 5.75 Å². The van der Waals surface area contributed by atoms with E-state index >= 15 is 0 Å². The zero-order valence-electron chi connectivity index (χ0n) is 13.5. The molecule has 1 heterocycles. The van der Waals surface area contributed by atoms with Gasteiger partial charge >= 0.3 is 0 Å². The van der Waals surface area contributed by atoms with Gasteiger partial charge in [-0.2, -0.15) is 5.10 Å². The topological polar surface area (TPSA) is 66.0 Å². The SMILES string of the molecule is CC(=O)c1cc(-c2ccc(O)cc2)n[nH]1.Cc1ccc(C)cc1. The number of carbonyl (C=O) groups excluding carboxylic acids is 1. The molecule has 0 atom stereocenters. The van der Waals surface area contributed by atoms with Crippen LogP contribution < -0.4 is 0 Å². The highest BCUT2D eigenvalue weighted by Crippen LogP contribution is 2.20. The number of aromatic hydroxyl groups is 1. The first-order valence-corrected chi connectivity index (χ1v) is 7.35. The van der Waals surface area contributed by atoms with E-state index in [0.717, 1.165) is 5.56 Å².